The zero-order valence-electron chi connectivity index (χ0n) is 12.8. The largest absolute Gasteiger partial charge is 0.370 e. The van der Waals surface area contributed by atoms with Gasteiger partial charge in [-0.25, -0.2) is 18.4 Å². The molecule has 0 bridgehead atoms. The van der Waals surface area contributed by atoms with E-state index in [0.717, 1.165) is 19.4 Å². The molecule has 3 heterocycles. The SMILES string of the molecule is CCS(=O)(=O)N1CCOC2(CCCN(c3ncccn3)C2)C1. The molecule has 0 radical (unpaired) electrons. The Morgan fingerprint density at radius 1 is 1.27 bits per heavy atom. The molecule has 1 aromatic heterocycles. The van der Waals surface area contributed by atoms with Gasteiger partial charge in [0.15, 0.2) is 0 Å². The standard InChI is InChI=1S/C14H22N4O3S/c1-2-22(19,20)18-9-10-21-14(12-18)5-3-8-17(11-14)13-15-6-4-7-16-13/h4,6-7H,2-3,5,8-12H2,1H3. The van der Waals surface area contributed by atoms with Crippen LogP contribution in [0.25, 0.3) is 0 Å². The molecule has 122 valence electrons. The summed E-state index contributed by atoms with van der Waals surface area (Å²) >= 11 is 0. The minimum absolute atomic E-state index is 0.134. The maximum Gasteiger partial charge on any atom is 0.225 e. The Balaban J connectivity index is 1.78. The third-order valence-electron chi connectivity index (χ3n) is 4.35. The van der Waals surface area contributed by atoms with Gasteiger partial charge in [0.25, 0.3) is 0 Å². The molecule has 2 aliphatic heterocycles. The van der Waals surface area contributed by atoms with Gasteiger partial charge < -0.3 is 9.64 Å². The molecule has 1 unspecified atom stereocenters. The molecule has 0 aliphatic carbocycles. The molecule has 0 N–H and O–H groups in total. The molecule has 2 fully saturated rings. The number of nitrogens with zero attached hydrogens (tertiary/aromatic N) is 4. The van der Waals surface area contributed by atoms with Crippen molar-refractivity contribution in [3.8, 4) is 0 Å². The van der Waals surface area contributed by atoms with E-state index in [1.54, 1.807) is 29.7 Å². The first-order valence-corrected chi connectivity index (χ1v) is 9.29. The maximum absolute atomic E-state index is 12.2. The Kier molecular flexibility index (Phi) is 4.33. The Morgan fingerprint density at radius 2 is 2.05 bits per heavy atom. The van der Waals surface area contributed by atoms with Gasteiger partial charge >= 0.3 is 0 Å². The lowest BCUT2D eigenvalue weighted by Crippen LogP contribution is -2.61. The Labute approximate surface area is 131 Å². The average molecular weight is 326 g/mol. The molecule has 7 nitrogen and oxygen atoms in total. The van der Waals surface area contributed by atoms with Crippen molar-refractivity contribution in [3.63, 3.8) is 0 Å². The van der Waals surface area contributed by atoms with E-state index in [1.165, 1.54) is 0 Å². The fraction of sp³-hybridized carbons (Fsp3) is 0.714. The molecular weight excluding hydrogens is 304 g/mol. The van der Waals surface area contributed by atoms with Gasteiger partial charge in [0, 0.05) is 32.0 Å². The van der Waals surface area contributed by atoms with Crippen molar-refractivity contribution in [1.29, 1.82) is 0 Å². The van der Waals surface area contributed by atoms with Crippen molar-refractivity contribution >= 4 is 16.0 Å². The number of hydrogen-bond acceptors (Lipinski definition) is 6. The van der Waals surface area contributed by atoms with Crippen molar-refractivity contribution in [2.45, 2.75) is 25.4 Å². The van der Waals surface area contributed by atoms with Crippen LogP contribution < -0.4 is 4.90 Å². The topological polar surface area (TPSA) is 75.6 Å². The summed E-state index contributed by atoms with van der Waals surface area (Å²) in [6.45, 7) is 4.50. The molecule has 1 aromatic rings. The lowest BCUT2D eigenvalue weighted by Gasteiger charge is -2.47. The number of aromatic nitrogens is 2. The summed E-state index contributed by atoms with van der Waals surface area (Å²) in [6, 6.07) is 1.79. The van der Waals surface area contributed by atoms with Crippen LogP contribution in [-0.2, 0) is 14.8 Å². The summed E-state index contributed by atoms with van der Waals surface area (Å²) in [5, 5.41) is 0. The molecular formula is C14H22N4O3S. The fourth-order valence-corrected chi connectivity index (χ4v) is 4.35. The number of morpholine rings is 1. The van der Waals surface area contributed by atoms with Crippen LogP contribution in [0.4, 0.5) is 5.95 Å². The Bertz CT molecular complexity index is 606. The zero-order chi connectivity index (χ0) is 15.6. The van der Waals surface area contributed by atoms with Gasteiger partial charge in [-0.15, -0.1) is 0 Å². The van der Waals surface area contributed by atoms with Crippen molar-refractivity contribution in [1.82, 2.24) is 14.3 Å². The van der Waals surface area contributed by atoms with Gasteiger partial charge in [-0.05, 0) is 25.8 Å². The molecule has 1 atom stereocenters. The number of sulfonamides is 1. The van der Waals surface area contributed by atoms with E-state index in [-0.39, 0.29) is 5.75 Å². The lowest BCUT2D eigenvalue weighted by atomic mass is 9.91. The number of rotatable bonds is 3. The molecule has 0 saturated carbocycles. The molecule has 2 aliphatic rings. The van der Waals surface area contributed by atoms with Crippen LogP contribution >= 0.6 is 0 Å². The van der Waals surface area contributed by atoms with E-state index in [0.29, 0.717) is 32.2 Å². The van der Waals surface area contributed by atoms with Gasteiger partial charge in [-0.3, -0.25) is 0 Å². The van der Waals surface area contributed by atoms with E-state index in [2.05, 4.69) is 14.9 Å². The first kappa shape index (κ1) is 15.6. The van der Waals surface area contributed by atoms with E-state index < -0.39 is 15.6 Å². The highest BCUT2D eigenvalue weighted by molar-refractivity contribution is 7.89. The maximum atomic E-state index is 12.2. The van der Waals surface area contributed by atoms with E-state index in [9.17, 15) is 8.42 Å². The van der Waals surface area contributed by atoms with Crippen molar-refractivity contribution in [2.75, 3.05) is 43.4 Å². The van der Waals surface area contributed by atoms with Crippen LogP contribution in [-0.4, -0.2) is 66.8 Å². The summed E-state index contributed by atoms with van der Waals surface area (Å²) < 4.78 is 31.9. The predicted octanol–water partition coefficient (Wildman–Crippen LogP) is 0.497. The number of piperidine rings is 1. The summed E-state index contributed by atoms with van der Waals surface area (Å²) in [7, 11) is -3.18. The average Bonchev–Trinajstić information content (AvgIpc) is 2.56. The Hall–Kier alpha value is -1.25. The molecule has 22 heavy (non-hydrogen) atoms. The van der Waals surface area contributed by atoms with Crippen LogP contribution in [0, 0.1) is 0 Å². The summed E-state index contributed by atoms with van der Waals surface area (Å²) in [5.74, 6) is 0.815. The summed E-state index contributed by atoms with van der Waals surface area (Å²) in [5.41, 5.74) is -0.446. The van der Waals surface area contributed by atoms with Gasteiger partial charge in [-0.1, -0.05) is 0 Å². The normalized spacial score (nSPS) is 27.2. The molecule has 3 rings (SSSR count). The zero-order valence-corrected chi connectivity index (χ0v) is 13.6. The second-order valence-electron chi connectivity index (χ2n) is 5.84. The van der Waals surface area contributed by atoms with Crippen LogP contribution in [0.1, 0.15) is 19.8 Å². The van der Waals surface area contributed by atoms with Crippen LogP contribution in [0.15, 0.2) is 18.5 Å². The molecule has 2 saturated heterocycles. The number of ether oxygens (including phenoxy) is 1. The lowest BCUT2D eigenvalue weighted by molar-refractivity contribution is -0.0951. The van der Waals surface area contributed by atoms with Gasteiger partial charge in [-0.2, -0.15) is 4.31 Å². The first-order valence-electron chi connectivity index (χ1n) is 7.68. The summed E-state index contributed by atoms with van der Waals surface area (Å²) in [6.07, 6.45) is 5.25. The van der Waals surface area contributed by atoms with Crippen molar-refractivity contribution in [3.05, 3.63) is 18.5 Å². The first-order chi connectivity index (χ1) is 10.5. The minimum atomic E-state index is -3.18. The second kappa shape index (κ2) is 6.10. The second-order valence-corrected chi connectivity index (χ2v) is 8.10. The molecule has 1 spiro atoms. The highest BCUT2D eigenvalue weighted by Crippen LogP contribution is 2.31. The van der Waals surface area contributed by atoms with Crippen molar-refractivity contribution < 1.29 is 13.2 Å². The van der Waals surface area contributed by atoms with Gasteiger partial charge in [0.1, 0.15) is 0 Å². The molecule has 0 aromatic carbocycles. The van der Waals surface area contributed by atoms with Gasteiger partial charge in [0.2, 0.25) is 16.0 Å². The highest BCUT2D eigenvalue weighted by atomic mass is 32.2. The van der Waals surface area contributed by atoms with Crippen molar-refractivity contribution in [2.24, 2.45) is 0 Å². The molecule has 8 heteroatoms. The van der Waals surface area contributed by atoms with E-state index in [4.69, 9.17) is 4.74 Å². The van der Waals surface area contributed by atoms with Crippen LogP contribution in [0.3, 0.4) is 0 Å². The quantitative estimate of drug-likeness (QED) is 0.805. The third-order valence-corrected chi connectivity index (χ3v) is 6.17. The minimum Gasteiger partial charge on any atom is -0.370 e. The summed E-state index contributed by atoms with van der Waals surface area (Å²) in [4.78, 5) is 10.7. The monoisotopic (exact) mass is 326 g/mol. The Morgan fingerprint density at radius 3 is 2.77 bits per heavy atom. The predicted molar refractivity (Wildman–Crippen MR) is 83.2 cm³/mol. The number of hydrogen-bond donors (Lipinski definition) is 0. The number of anilines is 1. The van der Waals surface area contributed by atoms with E-state index >= 15 is 0 Å². The van der Waals surface area contributed by atoms with E-state index in [1.807, 2.05) is 0 Å². The van der Waals surface area contributed by atoms with Crippen LogP contribution in [0.2, 0.25) is 0 Å². The molecule has 0 amide bonds. The third kappa shape index (κ3) is 3.09. The fourth-order valence-electron chi connectivity index (χ4n) is 3.20. The van der Waals surface area contributed by atoms with Gasteiger partial charge in [0.05, 0.1) is 24.5 Å². The van der Waals surface area contributed by atoms with Crippen LogP contribution in [0.5, 0.6) is 0 Å². The smallest absolute Gasteiger partial charge is 0.225 e. The highest BCUT2D eigenvalue weighted by Gasteiger charge is 2.43.